The summed E-state index contributed by atoms with van der Waals surface area (Å²) in [4.78, 5) is 16.7. The molecule has 0 saturated heterocycles. The van der Waals surface area contributed by atoms with Crippen LogP contribution in [0.15, 0.2) is 23.4 Å². The molecule has 0 aliphatic heterocycles. The molecule has 0 spiro atoms. The molecule has 0 fully saturated rings. The number of carbonyl (C=O) groups excluding carboxylic acids is 1. The van der Waals surface area contributed by atoms with Crippen molar-refractivity contribution in [2.75, 3.05) is 17.7 Å². The van der Waals surface area contributed by atoms with Gasteiger partial charge < -0.3 is 14.6 Å². The van der Waals surface area contributed by atoms with E-state index in [0.717, 1.165) is 26.9 Å². The number of carbonyl (C=O) groups is 1. The number of aromatic nitrogens is 4. The number of anilines is 1. The molecule has 1 aromatic carbocycles. The molecular weight excluding hydrogens is 370 g/mol. The van der Waals surface area contributed by atoms with E-state index >= 15 is 0 Å². The minimum Gasteiger partial charge on any atom is -0.494 e. The molecule has 0 aliphatic rings. The summed E-state index contributed by atoms with van der Waals surface area (Å²) in [6, 6.07) is 5.72. The molecule has 0 bridgehead atoms. The summed E-state index contributed by atoms with van der Waals surface area (Å²) in [7, 11) is 1.92. The van der Waals surface area contributed by atoms with Crippen LogP contribution >= 0.6 is 23.1 Å². The zero-order valence-corrected chi connectivity index (χ0v) is 16.8. The first-order chi connectivity index (χ1) is 12.5. The fraction of sp³-hybridized carbons (Fsp3) is 0.412. The lowest BCUT2D eigenvalue weighted by atomic mass is 10.2. The van der Waals surface area contributed by atoms with Crippen molar-refractivity contribution in [2.45, 2.75) is 31.8 Å². The highest BCUT2D eigenvalue weighted by molar-refractivity contribution is 7.99. The number of amides is 1. The lowest BCUT2D eigenvalue weighted by Crippen LogP contribution is -2.14. The van der Waals surface area contributed by atoms with Crippen LogP contribution in [0.1, 0.15) is 32.5 Å². The fourth-order valence-electron chi connectivity index (χ4n) is 2.45. The first-order valence-electron chi connectivity index (χ1n) is 8.33. The summed E-state index contributed by atoms with van der Waals surface area (Å²) in [5.74, 6) is 2.14. The van der Waals surface area contributed by atoms with Crippen LogP contribution in [-0.2, 0) is 11.8 Å². The number of ether oxygens (including phenoxy) is 1. The number of hydrogen-bond acceptors (Lipinski definition) is 7. The van der Waals surface area contributed by atoms with Gasteiger partial charge in [-0.15, -0.1) is 10.2 Å². The highest BCUT2D eigenvalue weighted by Crippen LogP contribution is 2.29. The van der Waals surface area contributed by atoms with E-state index in [1.165, 1.54) is 23.1 Å². The van der Waals surface area contributed by atoms with Crippen LogP contribution in [0, 0.1) is 0 Å². The molecule has 1 amide bonds. The summed E-state index contributed by atoms with van der Waals surface area (Å²) >= 11 is 2.80. The van der Waals surface area contributed by atoms with Crippen LogP contribution < -0.4 is 10.1 Å². The Morgan fingerprint density at radius 1 is 1.38 bits per heavy atom. The molecule has 0 aliphatic carbocycles. The lowest BCUT2D eigenvalue weighted by molar-refractivity contribution is -0.113. The number of nitrogens with zero attached hydrogens (tertiary/aromatic N) is 4. The van der Waals surface area contributed by atoms with Crippen molar-refractivity contribution >= 4 is 44.4 Å². The number of thioether (sulfide) groups is 1. The van der Waals surface area contributed by atoms with Gasteiger partial charge in [-0.25, -0.2) is 4.98 Å². The van der Waals surface area contributed by atoms with Crippen molar-refractivity contribution in [1.82, 2.24) is 19.7 Å². The van der Waals surface area contributed by atoms with Gasteiger partial charge in [0.2, 0.25) is 5.91 Å². The topological polar surface area (TPSA) is 81.9 Å². The number of hydrogen-bond donors (Lipinski definition) is 1. The van der Waals surface area contributed by atoms with E-state index in [-0.39, 0.29) is 11.7 Å². The Balaban J connectivity index is 1.62. The van der Waals surface area contributed by atoms with E-state index in [9.17, 15) is 4.79 Å². The lowest BCUT2D eigenvalue weighted by Gasteiger charge is -2.05. The van der Waals surface area contributed by atoms with Crippen molar-refractivity contribution in [3.63, 3.8) is 0 Å². The molecule has 0 atom stereocenters. The highest BCUT2D eigenvalue weighted by atomic mass is 32.2. The molecule has 2 aromatic heterocycles. The SMILES string of the molecule is CCOc1ccc2nc(NC(=O)CSc3nnc(C(C)C)n3C)sc2c1. The average Bonchev–Trinajstić information content (AvgIpc) is 3.15. The van der Waals surface area contributed by atoms with Crippen molar-refractivity contribution in [3.8, 4) is 5.75 Å². The summed E-state index contributed by atoms with van der Waals surface area (Å²) in [5, 5.41) is 12.5. The second kappa shape index (κ2) is 8.05. The second-order valence-corrected chi connectivity index (χ2v) is 7.95. The predicted octanol–water partition coefficient (Wildman–Crippen LogP) is 3.68. The van der Waals surface area contributed by atoms with Crippen molar-refractivity contribution < 1.29 is 9.53 Å². The molecular formula is C17H21N5O2S2. The Morgan fingerprint density at radius 3 is 2.88 bits per heavy atom. The van der Waals surface area contributed by atoms with Gasteiger partial charge in [-0.05, 0) is 25.1 Å². The highest BCUT2D eigenvalue weighted by Gasteiger charge is 2.14. The summed E-state index contributed by atoms with van der Waals surface area (Å²) < 4.78 is 8.40. The van der Waals surface area contributed by atoms with Gasteiger partial charge in [0, 0.05) is 13.0 Å². The number of nitrogens with one attached hydrogen (secondary N) is 1. The largest absolute Gasteiger partial charge is 0.494 e. The quantitative estimate of drug-likeness (QED) is 0.619. The van der Waals surface area contributed by atoms with E-state index in [0.29, 0.717) is 17.7 Å². The summed E-state index contributed by atoms with van der Waals surface area (Å²) in [6.45, 7) is 6.69. The van der Waals surface area contributed by atoms with E-state index in [4.69, 9.17) is 4.74 Å². The molecule has 0 unspecified atom stereocenters. The van der Waals surface area contributed by atoms with Crippen molar-refractivity contribution in [2.24, 2.45) is 7.05 Å². The fourth-order valence-corrected chi connectivity index (χ4v) is 4.08. The Morgan fingerprint density at radius 2 is 2.19 bits per heavy atom. The van der Waals surface area contributed by atoms with Gasteiger partial charge in [0.15, 0.2) is 10.3 Å². The normalized spacial score (nSPS) is 11.3. The van der Waals surface area contributed by atoms with Crippen LogP contribution in [0.25, 0.3) is 10.2 Å². The Labute approximate surface area is 160 Å². The number of rotatable bonds is 7. The molecule has 26 heavy (non-hydrogen) atoms. The monoisotopic (exact) mass is 391 g/mol. The maximum Gasteiger partial charge on any atom is 0.236 e. The Bertz CT molecular complexity index is 919. The number of thiazole rings is 1. The first kappa shape index (κ1) is 18.7. The third-order valence-corrected chi connectivity index (χ3v) is 5.59. The van der Waals surface area contributed by atoms with E-state index < -0.39 is 0 Å². The van der Waals surface area contributed by atoms with Crippen LogP contribution in [0.5, 0.6) is 5.75 Å². The number of fused-ring (bicyclic) bond motifs is 1. The minimum absolute atomic E-state index is 0.117. The first-order valence-corrected chi connectivity index (χ1v) is 10.1. The Hall–Kier alpha value is -2.13. The molecule has 0 radical (unpaired) electrons. The maximum absolute atomic E-state index is 12.2. The Kier molecular flexibility index (Phi) is 5.77. The maximum atomic E-state index is 12.2. The van der Waals surface area contributed by atoms with E-state index in [1.807, 2.05) is 36.7 Å². The van der Waals surface area contributed by atoms with Crippen LogP contribution in [-0.4, -0.2) is 38.0 Å². The van der Waals surface area contributed by atoms with Crippen molar-refractivity contribution in [3.05, 3.63) is 24.0 Å². The van der Waals surface area contributed by atoms with Crippen LogP contribution in [0.4, 0.5) is 5.13 Å². The molecule has 3 aromatic rings. The van der Waals surface area contributed by atoms with Crippen molar-refractivity contribution in [1.29, 1.82) is 0 Å². The van der Waals surface area contributed by atoms with Gasteiger partial charge in [-0.2, -0.15) is 0 Å². The van der Waals surface area contributed by atoms with Gasteiger partial charge in [0.25, 0.3) is 0 Å². The van der Waals surface area contributed by atoms with Crippen LogP contribution in [0.3, 0.4) is 0 Å². The minimum atomic E-state index is -0.117. The van der Waals surface area contributed by atoms with Gasteiger partial charge in [-0.3, -0.25) is 4.79 Å². The molecule has 138 valence electrons. The van der Waals surface area contributed by atoms with Crippen LogP contribution in [0.2, 0.25) is 0 Å². The molecule has 0 saturated carbocycles. The van der Waals surface area contributed by atoms with Gasteiger partial charge >= 0.3 is 0 Å². The standard InChI is InChI=1S/C17H21N5O2S2/c1-5-24-11-6-7-12-13(8-11)26-16(18-12)19-14(23)9-25-17-21-20-15(10(2)3)22(17)4/h6-8,10H,5,9H2,1-4H3,(H,18,19,23). The number of benzene rings is 1. The smallest absolute Gasteiger partial charge is 0.236 e. The van der Waals surface area contributed by atoms with Gasteiger partial charge in [0.1, 0.15) is 11.6 Å². The van der Waals surface area contributed by atoms with Gasteiger partial charge in [-0.1, -0.05) is 36.9 Å². The zero-order chi connectivity index (χ0) is 18.7. The third kappa shape index (κ3) is 4.16. The van der Waals surface area contributed by atoms with Gasteiger partial charge in [0.05, 0.1) is 22.6 Å². The molecule has 3 rings (SSSR count). The summed E-state index contributed by atoms with van der Waals surface area (Å²) in [6.07, 6.45) is 0. The van der Waals surface area contributed by atoms with E-state index in [2.05, 4.69) is 34.3 Å². The predicted molar refractivity (Wildman–Crippen MR) is 105 cm³/mol. The molecule has 1 N–H and O–H groups in total. The molecule has 9 heteroatoms. The summed E-state index contributed by atoms with van der Waals surface area (Å²) in [5.41, 5.74) is 0.844. The second-order valence-electron chi connectivity index (χ2n) is 5.97. The van der Waals surface area contributed by atoms with E-state index in [1.54, 1.807) is 0 Å². The molecule has 7 nitrogen and oxygen atoms in total. The average molecular weight is 392 g/mol. The zero-order valence-electron chi connectivity index (χ0n) is 15.1. The molecule has 2 heterocycles. The third-order valence-electron chi connectivity index (χ3n) is 3.63.